The minimum Gasteiger partial charge on any atom is -0.507 e. The summed E-state index contributed by atoms with van der Waals surface area (Å²) >= 11 is 4.06. The summed E-state index contributed by atoms with van der Waals surface area (Å²) in [5.74, 6) is 2.33. The first-order valence-corrected chi connectivity index (χ1v) is 24.9. The molecule has 2 N–H and O–H groups in total. The average Bonchev–Trinajstić information content (AvgIpc) is 3.27. The largest absolute Gasteiger partial charge is 0.507 e. The summed E-state index contributed by atoms with van der Waals surface area (Å²) in [6.07, 6.45) is 7.28. The van der Waals surface area contributed by atoms with E-state index in [0.29, 0.717) is 22.0 Å². The number of rotatable bonds is 14. The lowest BCUT2D eigenvalue weighted by molar-refractivity contribution is 0.446. The summed E-state index contributed by atoms with van der Waals surface area (Å²) in [4.78, 5) is 0. The molecular weight excluding hydrogens is 793 g/mol. The van der Waals surface area contributed by atoms with Gasteiger partial charge in [0.2, 0.25) is 0 Å². The van der Waals surface area contributed by atoms with E-state index in [0.717, 1.165) is 46.6 Å². The SMILES string of the molecule is CC(C)(c1ccccc1)c1cc(CS[C@H]2CCCCCC[C@@H]2SCc2cc(C(C)(C)c3ccccc3)cc(C(C)(C)c3ccccc3)c2O)c(O)c(C(C)(C)c2ccccc2)c1. The summed E-state index contributed by atoms with van der Waals surface area (Å²) in [5, 5.41) is 25.5. The number of phenols is 2. The van der Waals surface area contributed by atoms with Gasteiger partial charge in [0, 0.05) is 65.9 Å². The highest BCUT2D eigenvalue weighted by Gasteiger charge is 2.35. The van der Waals surface area contributed by atoms with Crippen LogP contribution >= 0.6 is 23.5 Å². The lowest BCUT2D eigenvalue weighted by Gasteiger charge is -2.34. The standard InChI is InChI=1S/C58H68O2S2/c1-55(2,43-25-15-11-16-26-43)47-35-41(53(59)49(37-47)57(5,6)45-29-19-13-20-30-45)39-61-51-33-23-9-10-24-34-52(51)62-40-42-36-48(56(3,4)44-27-17-12-18-28-44)38-50(54(42)60)58(7,8)46-31-21-14-22-32-46/h11-22,25-32,35-38,51-52,59-60H,9-10,23-24,33-34,39-40H2,1-8H3/t51-,52-/m0/s1. The molecule has 0 radical (unpaired) electrons. The van der Waals surface area contributed by atoms with Crippen LogP contribution in [0.25, 0.3) is 0 Å². The molecule has 324 valence electrons. The van der Waals surface area contributed by atoms with Crippen molar-refractivity contribution in [2.45, 2.75) is 138 Å². The first kappa shape index (κ1) is 45.6. The van der Waals surface area contributed by atoms with Crippen LogP contribution in [0.1, 0.15) is 150 Å². The number of phenolic OH excluding ortho intramolecular Hbond substituents is 2. The molecule has 2 atom stereocenters. The van der Waals surface area contributed by atoms with Crippen molar-refractivity contribution in [3.8, 4) is 11.5 Å². The van der Waals surface area contributed by atoms with E-state index in [4.69, 9.17) is 0 Å². The summed E-state index contributed by atoms with van der Waals surface area (Å²) in [7, 11) is 0. The third kappa shape index (κ3) is 9.73. The van der Waals surface area contributed by atoms with E-state index in [1.165, 1.54) is 59.1 Å². The number of hydrogen-bond donors (Lipinski definition) is 2. The molecule has 1 aliphatic carbocycles. The van der Waals surface area contributed by atoms with Crippen molar-refractivity contribution < 1.29 is 10.2 Å². The fraction of sp³-hybridized carbons (Fsp3) is 0.379. The van der Waals surface area contributed by atoms with Crippen LogP contribution in [0.4, 0.5) is 0 Å². The van der Waals surface area contributed by atoms with Crippen LogP contribution in [-0.2, 0) is 33.2 Å². The second kappa shape index (κ2) is 19.2. The number of hydrogen-bond acceptors (Lipinski definition) is 4. The zero-order valence-corrected chi connectivity index (χ0v) is 40.0. The Balaban J connectivity index is 1.22. The van der Waals surface area contributed by atoms with Crippen LogP contribution in [0.5, 0.6) is 11.5 Å². The molecule has 2 nitrogen and oxygen atoms in total. The normalized spacial score (nSPS) is 16.7. The van der Waals surface area contributed by atoms with Crippen molar-refractivity contribution in [1.82, 2.24) is 0 Å². The van der Waals surface area contributed by atoms with E-state index in [9.17, 15) is 10.2 Å². The van der Waals surface area contributed by atoms with E-state index in [-0.39, 0.29) is 10.8 Å². The monoisotopic (exact) mass is 860 g/mol. The van der Waals surface area contributed by atoms with E-state index in [1.54, 1.807) is 0 Å². The van der Waals surface area contributed by atoms with Gasteiger partial charge in [-0.15, -0.1) is 0 Å². The molecule has 1 fully saturated rings. The van der Waals surface area contributed by atoms with Gasteiger partial charge in [-0.25, -0.2) is 0 Å². The summed E-state index contributed by atoms with van der Waals surface area (Å²) < 4.78 is 0. The number of thioether (sulfide) groups is 2. The van der Waals surface area contributed by atoms with Crippen LogP contribution in [0.3, 0.4) is 0 Å². The molecule has 6 aromatic carbocycles. The number of benzene rings is 6. The van der Waals surface area contributed by atoms with Gasteiger partial charge in [-0.1, -0.05) is 227 Å². The maximum atomic E-state index is 12.3. The quantitative estimate of drug-likeness (QED) is 0.114. The van der Waals surface area contributed by atoms with Gasteiger partial charge in [-0.3, -0.25) is 0 Å². The Bertz CT molecular complexity index is 2210. The van der Waals surface area contributed by atoms with Gasteiger partial charge in [0.05, 0.1) is 0 Å². The van der Waals surface area contributed by atoms with Crippen LogP contribution < -0.4 is 0 Å². The highest BCUT2D eigenvalue weighted by molar-refractivity contribution is 8.03. The zero-order valence-electron chi connectivity index (χ0n) is 38.4. The Hall–Kier alpha value is -4.38. The van der Waals surface area contributed by atoms with Gasteiger partial charge in [0.25, 0.3) is 0 Å². The molecular formula is C58H68O2S2. The lowest BCUT2D eigenvalue weighted by Crippen LogP contribution is -2.25. The molecule has 4 heteroatoms. The van der Waals surface area contributed by atoms with Gasteiger partial charge < -0.3 is 10.2 Å². The molecule has 0 amide bonds. The molecule has 0 spiro atoms. The van der Waals surface area contributed by atoms with E-state index < -0.39 is 10.8 Å². The predicted molar refractivity (Wildman–Crippen MR) is 268 cm³/mol. The fourth-order valence-electron chi connectivity index (χ4n) is 9.54. The van der Waals surface area contributed by atoms with Crippen molar-refractivity contribution in [3.63, 3.8) is 0 Å². The highest BCUT2D eigenvalue weighted by atomic mass is 32.2. The van der Waals surface area contributed by atoms with E-state index in [2.05, 4.69) is 201 Å². The Morgan fingerprint density at radius 3 is 0.984 bits per heavy atom. The van der Waals surface area contributed by atoms with Crippen LogP contribution in [0, 0.1) is 0 Å². The third-order valence-electron chi connectivity index (χ3n) is 14.2. The smallest absolute Gasteiger partial charge is 0.123 e. The first-order valence-electron chi connectivity index (χ1n) is 22.8. The van der Waals surface area contributed by atoms with Crippen molar-refractivity contribution >= 4 is 23.5 Å². The summed E-state index contributed by atoms with van der Waals surface area (Å²) in [6.45, 7) is 18.2. The predicted octanol–water partition coefficient (Wildman–Crippen LogP) is 15.7. The molecule has 62 heavy (non-hydrogen) atoms. The van der Waals surface area contributed by atoms with Gasteiger partial charge in [-0.05, 0) is 46.2 Å². The Morgan fingerprint density at radius 1 is 0.387 bits per heavy atom. The van der Waals surface area contributed by atoms with E-state index in [1.807, 2.05) is 23.5 Å². The summed E-state index contributed by atoms with van der Waals surface area (Å²) in [6, 6.07) is 51.9. The third-order valence-corrected chi connectivity index (χ3v) is 17.3. The topological polar surface area (TPSA) is 40.5 Å². The molecule has 0 bridgehead atoms. The Kier molecular flexibility index (Phi) is 14.1. The van der Waals surface area contributed by atoms with Crippen molar-refractivity contribution in [2.75, 3.05) is 0 Å². The van der Waals surface area contributed by atoms with Gasteiger partial charge >= 0.3 is 0 Å². The minimum absolute atomic E-state index is 0.256. The molecule has 0 unspecified atom stereocenters. The van der Waals surface area contributed by atoms with Gasteiger partial charge in [-0.2, -0.15) is 23.5 Å². The van der Waals surface area contributed by atoms with Gasteiger partial charge in [0.15, 0.2) is 0 Å². The van der Waals surface area contributed by atoms with Crippen molar-refractivity contribution in [2.24, 2.45) is 0 Å². The molecule has 1 saturated carbocycles. The lowest BCUT2D eigenvalue weighted by atomic mass is 9.72. The zero-order chi connectivity index (χ0) is 44.1. The van der Waals surface area contributed by atoms with Crippen molar-refractivity contribution in [1.29, 1.82) is 0 Å². The number of aromatic hydroxyl groups is 2. The second-order valence-electron chi connectivity index (χ2n) is 19.7. The average molecular weight is 861 g/mol. The molecule has 0 aliphatic heterocycles. The van der Waals surface area contributed by atoms with Crippen molar-refractivity contribution in [3.05, 3.63) is 201 Å². The summed E-state index contributed by atoms with van der Waals surface area (Å²) in [5.41, 5.74) is 10.0. The molecule has 1 aliphatic rings. The van der Waals surface area contributed by atoms with Crippen LogP contribution in [0.15, 0.2) is 146 Å². The molecule has 0 heterocycles. The minimum atomic E-state index is -0.397. The fourth-order valence-corrected chi connectivity index (χ4v) is 12.6. The van der Waals surface area contributed by atoms with Crippen LogP contribution in [0.2, 0.25) is 0 Å². The molecule has 6 aromatic rings. The highest BCUT2D eigenvalue weighted by Crippen LogP contribution is 2.48. The maximum absolute atomic E-state index is 12.3. The molecule has 0 saturated heterocycles. The Morgan fingerprint density at radius 2 is 0.677 bits per heavy atom. The first-order chi connectivity index (χ1) is 29.6. The molecule has 0 aromatic heterocycles. The van der Waals surface area contributed by atoms with Crippen LogP contribution in [-0.4, -0.2) is 20.7 Å². The Labute approximate surface area is 382 Å². The van der Waals surface area contributed by atoms with Gasteiger partial charge in [0.1, 0.15) is 11.5 Å². The molecule has 7 rings (SSSR count). The van der Waals surface area contributed by atoms with E-state index >= 15 is 0 Å². The maximum Gasteiger partial charge on any atom is 0.123 e. The second-order valence-corrected chi connectivity index (χ2v) is 22.2.